The number of fused-ring (bicyclic) bond motifs is 3. The highest BCUT2D eigenvalue weighted by Crippen LogP contribution is 2.64. The van der Waals surface area contributed by atoms with Crippen LogP contribution in [0.1, 0.15) is 137 Å². The lowest BCUT2D eigenvalue weighted by Crippen LogP contribution is -2.66. The van der Waals surface area contributed by atoms with E-state index in [-0.39, 0.29) is 75.2 Å². The van der Waals surface area contributed by atoms with Crippen molar-refractivity contribution in [2.24, 2.45) is 5.92 Å². The van der Waals surface area contributed by atoms with E-state index in [1.807, 2.05) is 46.8 Å². The van der Waals surface area contributed by atoms with Crippen molar-refractivity contribution < 1.29 is 93.9 Å². The van der Waals surface area contributed by atoms with Crippen molar-refractivity contribution in [2.75, 3.05) is 0 Å². The number of esters is 1. The van der Waals surface area contributed by atoms with E-state index in [4.69, 9.17) is 23.7 Å². The Morgan fingerprint density at radius 3 is 2.09 bits per heavy atom. The van der Waals surface area contributed by atoms with Gasteiger partial charge in [-0.25, -0.2) is 14.4 Å². The Hall–Kier alpha value is -8.58. The number of carbonyl (C=O) groups is 4. The fraction of sp³-hybridized carbons (Fsp3) is 0.367. The number of ketones is 1. The summed E-state index contributed by atoms with van der Waals surface area (Å²) >= 11 is 0. The van der Waals surface area contributed by atoms with Crippen LogP contribution in [0.5, 0.6) is 63.2 Å². The van der Waals surface area contributed by atoms with Crippen molar-refractivity contribution in [2.45, 2.75) is 135 Å². The minimum atomic E-state index is -2.16. The normalized spacial score (nSPS) is 23.9. The topological polar surface area (TPSA) is 317 Å². The molecule has 0 amide bonds. The zero-order chi connectivity index (χ0) is 57.8. The van der Waals surface area contributed by atoms with E-state index in [1.165, 1.54) is 42.8 Å². The van der Waals surface area contributed by atoms with Crippen LogP contribution in [0.2, 0.25) is 0 Å². The van der Waals surface area contributed by atoms with Gasteiger partial charge >= 0.3 is 17.9 Å². The molecule has 5 aliphatic rings. The van der Waals surface area contributed by atoms with Crippen LogP contribution >= 0.6 is 0 Å². The number of hydrogen-bond acceptors (Lipinski definition) is 17. The Morgan fingerprint density at radius 2 is 1.46 bits per heavy atom. The van der Waals surface area contributed by atoms with Crippen molar-refractivity contribution >= 4 is 29.8 Å². The van der Waals surface area contributed by atoms with Gasteiger partial charge in [-0.05, 0) is 124 Å². The van der Waals surface area contributed by atoms with E-state index in [1.54, 1.807) is 26.0 Å². The van der Waals surface area contributed by atoms with Gasteiger partial charge in [-0.3, -0.25) is 4.79 Å². The summed E-state index contributed by atoms with van der Waals surface area (Å²) in [6.45, 7) is 14.9. The molecule has 1 aliphatic carbocycles. The quantitative estimate of drug-likeness (QED) is 0.0273. The highest BCUT2D eigenvalue weighted by atomic mass is 16.6. The maximum atomic E-state index is 14.7. The van der Waals surface area contributed by atoms with Gasteiger partial charge in [-0.2, -0.15) is 0 Å². The third-order valence-electron chi connectivity index (χ3n) is 15.1. The molecule has 4 heterocycles. The summed E-state index contributed by atoms with van der Waals surface area (Å²) in [6.07, 6.45) is 11.0. The zero-order valence-corrected chi connectivity index (χ0v) is 44.8. The molecule has 1 saturated heterocycles. The lowest BCUT2D eigenvalue weighted by molar-refractivity contribution is -0.184. The van der Waals surface area contributed by atoms with Crippen LogP contribution in [0, 0.1) is 5.92 Å². The number of hydrogen-bond donors (Lipinski definition) is 10. The number of benzene rings is 4. The largest absolute Gasteiger partial charge is 0.508 e. The zero-order valence-electron chi connectivity index (χ0n) is 44.8. The molecule has 1 spiro atoms. The Balaban J connectivity index is 0.000000223. The first kappa shape index (κ1) is 56.6. The van der Waals surface area contributed by atoms with E-state index in [0.717, 1.165) is 30.2 Å². The molecular formula is C60H64O19. The molecule has 4 aromatic carbocycles. The number of carboxylic acid groups (broad SMARTS) is 2. The van der Waals surface area contributed by atoms with Crippen molar-refractivity contribution in [3.05, 3.63) is 129 Å². The molecule has 418 valence electrons. The molecule has 9 rings (SSSR count). The van der Waals surface area contributed by atoms with E-state index in [0.29, 0.717) is 48.1 Å². The highest BCUT2D eigenvalue weighted by Gasteiger charge is 2.77. The summed E-state index contributed by atoms with van der Waals surface area (Å²) in [5, 5.41) is 101. The van der Waals surface area contributed by atoms with Crippen LogP contribution in [0.4, 0.5) is 0 Å². The number of carboxylic acids is 2. The number of ether oxygens (including phenoxy) is 5. The minimum absolute atomic E-state index is 0.0407. The minimum Gasteiger partial charge on any atom is -0.508 e. The fourth-order valence-corrected chi connectivity index (χ4v) is 11.1. The number of phenols is 8. The number of aliphatic carboxylic acids is 2. The van der Waals surface area contributed by atoms with Crippen LogP contribution in [-0.4, -0.2) is 103 Å². The molecule has 19 nitrogen and oxygen atoms in total. The lowest BCUT2D eigenvalue weighted by Gasteiger charge is -2.50. The molecule has 4 aliphatic heterocycles. The second-order valence-corrected chi connectivity index (χ2v) is 21.7. The molecule has 0 bridgehead atoms. The summed E-state index contributed by atoms with van der Waals surface area (Å²) in [5.41, 5.74) is -2.34. The molecule has 4 aromatic rings. The average molecular weight is 1090 g/mol. The Labute approximate surface area is 454 Å². The summed E-state index contributed by atoms with van der Waals surface area (Å²) in [5.74, 6) is -7.96. The van der Waals surface area contributed by atoms with Crippen LogP contribution < -0.4 is 14.2 Å². The number of phenolic OH excluding ortho intramolecular Hbond substituents is 8. The maximum absolute atomic E-state index is 14.7. The first-order chi connectivity index (χ1) is 37.0. The smallest absolute Gasteiger partial charge is 0.340 e. The first-order valence-corrected chi connectivity index (χ1v) is 25.6. The van der Waals surface area contributed by atoms with Gasteiger partial charge in [0.1, 0.15) is 51.8 Å². The molecule has 0 aromatic heterocycles. The molecule has 10 N–H and O–H groups in total. The standard InChI is InChI=1S/C38H46O9.C22H18O10/c1-21(2)11-10-18-36(8)19-17-24-29(39)28-30(40)26-12-9-13-27-35(6,7)47-37(34(43)44,20-16-23(5)33(41)42)38(26,27)46-32(28)25(31(24)45-36)15-14-22(3)4;23-11-6-14(25)12-8-19(32-22(30)10-4-16(27)20(29)17(28)5-10)21(31-18(12)7-11)9-1-2-13(24)15(26)3-9/h11-12,14,16-17,19,27,39H,9-10,13,15,18,20H2,1-8H3,(H,41,42)(H,43,44);1-7,19,21,23-29H,8H2. The number of carbonyl (C=O) groups excluding carboxylic acids is 2. The average Bonchev–Trinajstić information content (AvgIpc) is 3.03. The Kier molecular flexibility index (Phi) is 15.0. The van der Waals surface area contributed by atoms with Gasteiger partial charge < -0.3 is 74.7 Å². The Bertz CT molecular complexity index is 3330. The number of allylic oxidation sites excluding steroid dienone is 5. The fourth-order valence-electron chi connectivity index (χ4n) is 11.1. The van der Waals surface area contributed by atoms with Crippen LogP contribution in [-0.2, 0) is 31.9 Å². The molecule has 19 heteroatoms. The van der Waals surface area contributed by atoms with Crippen LogP contribution in [0.15, 0.2) is 95.1 Å². The SMILES string of the molecule is CC(C)=CCCC1(C)C=Cc2c(O)c3c(c(CC=C(C)C)c2O1)OC12C(=CCCC1C(C)(C)OC2(CC=C(C)C(=O)O)C(=O)O)C3=O.O=C(OC1Cc2c(O)cc(O)cc2OC1c1ccc(O)c(O)c1)c1cc(O)c(O)c(O)c1. The Morgan fingerprint density at radius 1 is 0.772 bits per heavy atom. The van der Waals surface area contributed by atoms with E-state index in [2.05, 4.69) is 6.08 Å². The predicted octanol–water partition coefficient (Wildman–Crippen LogP) is 10.0. The van der Waals surface area contributed by atoms with E-state index >= 15 is 0 Å². The number of Topliss-reactive ketones (excluding diaryl/α,β-unsaturated/α-hetero) is 1. The van der Waals surface area contributed by atoms with Crippen LogP contribution in [0.25, 0.3) is 6.08 Å². The molecule has 0 saturated carbocycles. The van der Waals surface area contributed by atoms with Gasteiger partial charge in [0.25, 0.3) is 0 Å². The molecule has 6 unspecified atom stereocenters. The van der Waals surface area contributed by atoms with Crippen molar-refractivity contribution in [3.8, 4) is 63.2 Å². The van der Waals surface area contributed by atoms with E-state index < -0.39 is 87.2 Å². The first-order valence-electron chi connectivity index (χ1n) is 25.6. The van der Waals surface area contributed by atoms with Gasteiger partial charge in [0, 0.05) is 58.7 Å². The number of rotatable bonds is 12. The highest BCUT2D eigenvalue weighted by molar-refractivity contribution is 6.17. The summed E-state index contributed by atoms with van der Waals surface area (Å²) in [7, 11) is 0. The van der Waals surface area contributed by atoms with Gasteiger partial charge in [0.2, 0.25) is 5.60 Å². The maximum Gasteiger partial charge on any atom is 0.340 e. The molecule has 1 fully saturated rings. The molecule has 0 radical (unpaired) electrons. The summed E-state index contributed by atoms with van der Waals surface area (Å²) in [6, 6.07) is 8.07. The predicted molar refractivity (Wildman–Crippen MR) is 285 cm³/mol. The van der Waals surface area contributed by atoms with Gasteiger partial charge in [0.05, 0.1) is 16.7 Å². The van der Waals surface area contributed by atoms with Gasteiger partial charge in [0.15, 0.2) is 46.2 Å². The van der Waals surface area contributed by atoms with Crippen molar-refractivity contribution in [1.29, 1.82) is 0 Å². The summed E-state index contributed by atoms with van der Waals surface area (Å²) < 4.78 is 31.6. The van der Waals surface area contributed by atoms with Crippen LogP contribution in [0.3, 0.4) is 0 Å². The molecule has 79 heavy (non-hydrogen) atoms. The lowest BCUT2D eigenvalue weighted by atomic mass is 9.60. The molecular weight excluding hydrogens is 1020 g/mol. The van der Waals surface area contributed by atoms with E-state index in [9.17, 15) is 70.2 Å². The monoisotopic (exact) mass is 1090 g/mol. The van der Waals surface area contributed by atoms with Crippen molar-refractivity contribution in [3.63, 3.8) is 0 Å². The third kappa shape index (κ3) is 10.3. The van der Waals surface area contributed by atoms with Gasteiger partial charge in [-0.15, -0.1) is 0 Å². The molecule has 6 atom stereocenters. The van der Waals surface area contributed by atoms with Gasteiger partial charge in [-0.1, -0.05) is 41.5 Å². The van der Waals surface area contributed by atoms with Crippen molar-refractivity contribution in [1.82, 2.24) is 0 Å². The second kappa shape index (κ2) is 21.0. The third-order valence-corrected chi connectivity index (χ3v) is 15.1. The second-order valence-electron chi connectivity index (χ2n) is 21.7. The summed E-state index contributed by atoms with van der Waals surface area (Å²) in [4.78, 5) is 52.7. The number of aromatic hydroxyl groups is 8.